The van der Waals surface area contributed by atoms with E-state index in [2.05, 4.69) is 37.7 Å². The molecular formula is C14H24N8. The highest BCUT2D eigenvalue weighted by Gasteiger charge is 2.06. The first-order chi connectivity index (χ1) is 10.7. The molecule has 0 radical (unpaired) electrons. The molecule has 0 aliphatic heterocycles. The van der Waals surface area contributed by atoms with E-state index in [1.807, 2.05) is 30.9 Å². The summed E-state index contributed by atoms with van der Waals surface area (Å²) in [4.78, 5) is 8.71. The van der Waals surface area contributed by atoms with Gasteiger partial charge in [-0.15, -0.1) is 0 Å². The lowest BCUT2D eigenvalue weighted by atomic mass is 10.2. The third kappa shape index (κ3) is 4.87. The highest BCUT2D eigenvalue weighted by atomic mass is 15.3. The van der Waals surface area contributed by atoms with Crippen molar-refractivity contribution in [2.75, 3.05) is 13.1 Å². The van der Waals surface area contributed by atoms with E-state index in [1.165, 1.54) is 6.33 Å². The van der Waals surface area contributed by atoms with Gasteiger partial charge in [-0.25, -0.2) is 9.98 Å². The van der Waals surface area contributed by atoms with Gasteiger partial charge in [0.15, 0.2) is 5.96 Å². The number of aromatic nitrogens is 5. The molecule has 120 valence electrons. The van der Waals surface area contributed by atoms with Gasteiger partial charge in [-0.1, -0.05) is 6.92 Å². The van der Waals surface area contributed by atoms with Crippen LogP contribution in [0.5, 0.6) is 0 Å². The highest BCUT2D eigenvalue weighted by Crippen LogP contribution is 1.98. The number of nitrogens with zero attached hydrogens (tertiary/aromatic N) is 6. The SMILES string of the molecule is CCNC(=NCc1ncnn1C)NCC(C)Cn1cccn1. The maximum Gasteiger partial charge on any atom is 0.191 e. The van der Waals surface area contributed by atoms with Crippen LogP contribution in [0.3, 0.4) is 0 Å². The second-order valence-corrected chi connectivity index (χ2v) is 5.21. The molecule has 2 aromatic heterocycles. The largest absolute Gasteiger partial charge is 0.357 e. The Kier molecular flexibility index (Phi) is 5.93. The molecule has 2 aromatic rings. The third-order valence-corrected chi connectivity index (χ3v) is 3.20. The van der Waals surface area contributed by atoms with Crippen molar-refractivity contribution < 1.29 is 0 Å². The Labute approximate surface area is 130 Å². The fourth-order valence-corrected chi connectivity index (χ4v) is 2.02. The quantitative estimate of drug-likeness (QED) is 0.571. The molecule has 0 aromatic carbocycles. The Morgan fingerprint density at radius 3 is 2.86 bits per heavy atom. The van der Waals surface area contributed by atoms with Crippen molar-refractivity contribution in [1.29, 1.82) is 0 Å². The number of hydrogen-bond donors (Lipinski definition) is 2. The molecular weight excluding hydrogens is 280 g/mol. The number of rotatable bonds is 7. The summed E-state index contributed by atoms with van der Waals surface area (Å²) in [6, 6.07) is 1.94. The van der Waals surface area contributed by atoms with Gasteiger partial charge in [0.25, 0.3) is 0 Å². The van der Waals surface area contributed by atoms with E-state index < -0.39 is 0 Å². The monoisotopic (exact) mass is 304 g/mol. The summed E-state index contributed by atoms with van der Waals surface area (Å²) in [6.45, 7) is 7.25. The van der Waals surface area contributed by atoms with Gasteiger partial charge in [-0.05, 0) is 18.9 Å². The first kappa shape index (κ1) is 16.0. The molecule has 22 heavy (non-hydrogen) atoms. The van der Waals surface area contributed by atoms with Gasteiger partial charge in [0.1, 0.15) is 18.7 Å². The fourth-order valence-electron chi connectivity index (χ4n) is 2.02. The molecule has 1 atom stereocenters. The van der Waals surface area contributed by atoms with Crippen LogP contribution in [0.4, 0.5) is 0 Å². The molecule has 2 heterocycles. The summed E-state index contributed by atoms with van der Waals surface area (Å²) in [5.74, 6) is 2.07. The Hall–Kier alpha value is -2.38. The number of hydrogen-bond acceptors (Lipinski definition) is 4. The number of guanidine groups is 1. The minimum Gasteiger partial charge on any atom is -0.357 e. The van der Waals surface area contributed by atoms with Crippen LogP contribution in [0, 0.1) is 5.92 Å². The van der Waals surface area contributed by atoms with Gasteiger partial charge in [-0.3, -0.25) is 9.36 Å². The molecule has 0 aliphatic rings. The standard InChI is InChI=1S/C14H24N8/c1-4-15-14(17-9-13-18-11-20-21(13)3)16-8-12(2)10-22-7-5-6-19-22/h5-7,11-12H,4,8-10H2,1-3H3,(H2,15,16,17). The highest BCUT2D eigenvalue weighted by molar-refractivity contribution is 5.79. The van der Waals surface area contributed by atoms with Crippen molar-refractivity contribution >= 4 is 5.96 Å². The maximum absolute atomic E-state index is 4.53. The van der Waals surface area contributed by atoms with E-state index in [0.717, 1.165) is 31.4 Å². The van der Waals surface area contributed by atoms with Crippen LogP contribution in [-0.4, -0.2) is 43.6 Å². The zero-order chi connectivity index (χ0) is 15.8. The lowest BCUT2D eigenvalue weighted by Crippen LogP contribution is -2.40. The van der Waals surface area contributed by atoms with Gasteiger partial charge in [-0.2, -0.15) is 10.2 Å². The number of aryl methyl sites for hydroxylation is 1. The summed E-state index contributed by atoms with van der Waals surface area (Å²) in [5.41, 5.74) is 0. The van der Waals surface area contributed by atoms with Crippen molar-refractivity contribution in [3.05, 3.63) is 30.6 Å². The van der Waals surface area contributed by atoms with E-state index in [-0.39, 0.29) is 0 Å². The molecule has 1 unspecified atom stereocenters. The molecule has 0 saturated heterocycles. The average Bonchev–Trinajstić information content (AvgIpc) is 3.14. The first-order valence-corrected chi connectivity index (χ1v) is 7.51. The van der Waals surface area contributed by atoms with Crippen LogP contribution in [0.25, 0.3) is 0 Å². The predicted octanol–water partition coefficient (Wildman–Crippen LogP) is 0.403. The van der Waals surface area contributed by atoms with Crippen molar-refractivity contribution in [3.63, 3.8) is 0 Å². The second kappa shape index (κ2) is 8.16. The van der Waals surface area contributed by atoms with Crippen molar-refractivity contribution in [2.45, 2.75) is 26.9 Å². The molecule has 0 saturated carbocycles. The summed E-state index contributed by atoms with van der Waals surface area (Å²) < 4.78 is 3.67. The fraction of sp³-hybridized carbons (Fsp3) is 0.571. The van der Waals surface area contributed by atoms with Crippen LogP contribution >= 0.6 is 0 Å². The zero-order valence-corrected chi connectivity index (χ0v) is 13.4. The smallest absolute Gasteiger partial charge is 0.191 e. The molecule has 2 N–H and O–H groups in total. The van der Waals surface area contributed by atoms with E-state index in [4.69, 9.17) is 0 Å². The van der Waals surface area contributed by atoms with Crippen molar-refractivity contribution in [2.24, 2.45) is 18.0 Å². The number of aliphatic imine (C=N–C) groups is 1. The normalized spacial score (nSPS) is 13.1. The lowest BCUT2D eigenvalue weighted by Gasteiger charge is -2.16. The molecule has 8 heteroatoms. The molecule has 8 nitrogen and oxygen atoms in total. The van der Waals surface area contributed by atoms with Gasteiger partial charge in [0, 0.05) is 39.1 Å². The first-order valence-electron chi connectivity index (χ1n) is 7.51. The topological polar surface area (TPSA) is 85.0 Å². The summed E-state index contributed by atoms with van der Waals surface area (Å²) >= 11 is 0. The molecule has 0 amide bonds. The van der Waals surface area contributed by atoms with Crippen LogP contribution in [0.1, 0.15) is 19.7 Å². The van der Waals surface area contributed by atoms with E-state index in [1.54, 1.807) is 10.9 Å². The third-order valence-electron chi connectivity index (χ3n) is 3.20. The molecule has 0 fully saturated rings. The van der Waals surface area contributed by atoms with E-state index >= 15 is 0 Å². The van der Waals surface area contributed by atoms with Gasteiger partial charge in [0.05, 0.1) is 0 Å². The minimum absolute atomic E-state index is 0.443. The lowest BCUT2D eigenvalue weighted by molar-refractivity contribution is 0.443. The second-order valence-electron chi connectivity index (χ2n) is 5.21. The van der Waals surface area contributed by atoms with E-state index in [0.29, 0.717) is 12.5 Å². The molecule has 0 spiro atoms. The number of nitrogens with one attached hydrogen (secondary N) is 2. The minimum atomic E-state index is 0.443. The molecule has 2 rings (SSSR count). The zero-order valence-electron chi connectivity index (χ0n) is 13.4. The van der Waals surface area contributed by atoms with Crippen molar-refractivity contribution in [3.8, 4) is 0 Å². The van der Waals surface area contributed by atoms with Crippen molar-refractivity contribution in [1.82, 2.24) is 35.2 Å². The van der Waals surface area contributed by atoms with Gasteiger partial charge >= 0.3 is 0 Å². The molecule has 0 aliphatic carbocycles. The Morgan fingerprint density at radius 2 is 2.23 bits per heavy atom. The van der Waals surface area contributed by atoms with Gasteiger partial charge < -0.3 is 10.6 Å². The van der Waals surface area contributed by atoms with Crippen LogP contribution in [0.2, 0.25) is 0 Å². The summed E-state index contributed by atoms with van der Waals surface area (Å²) in [5, 5.41) is 14.9. The van der Waals surface area contributed by atoms with Crippen LogP contribution < -0.4 is 10.6 Å². The van der Waals surface area contributed by atoms with Crippen LogP contribution in [0.15, 0.2) is 29.8 Å². The Morgan fingerprint density at radius 1 is 1.36 bits per heavy atom. The average molecular weight is 304 g/mol. The maximum atomic E-state index is 4.53. The Bertz CT molecular complexity index is 571. The molecule has 0 bridgehead atoms. The van der Waals surface area contributed by atoms with Gasteiger partial charge in [0.2, 0.25) is 0 Å². The summed E-state index contributed by atoms with van der Waals surface area (Å²) in [7, 11) is 1.87. The summed E-state index contributed by atoms with van der Waals surface area (Å²) in [6.07, 6.45) is 5.31. The van der Waals surface area contributed by atoms with Crippen LogP contribution in [-0.2, 0) is 20.1 Å². The Balaban J connectivity index is 1.84. The van der Waals surface area contributed by atoms with E-state index in [9.17, 15) is 0 Å². The predicted molar refractivity (Wildman–Crippen MR) is 85.2 cm³/mol.